The van der Waals surface area contributed by atoms with Crippen LogP contribution < -0.4 is 4.74 Å². The van der Waals surface area contributed by atoms with Gasteiger partial charge >= 0.3 is 5.97 Å². The van der Waals surface area contributed by atoms with Gasteiger partial charge in [0.2, 0.25) is 0 Å². The van der Waals surface area contributed by atoms with Crippen LogP contribution in [0.2, 0.25) is 0 Å². The van der Waals surface area contributed by atoms with Gasteiger partial charge in [-0.3, -0.25) is 9.69 Å². The summed E-state index contributed by atoms with van der Waals surface area (Å²) in [6.07, 6.45) is 1.71. The van der Waals surface area contributed by atoms with E-state index in [1.807, 2.05) is 36.1 Å². The first kappa shape index (κ1) is 12.9. The molecule has 1 saturated heterocycles. The summed E-state index contributed by atoms with van der Waals surface area (Å²) in [6.45, 7) is 4.08. The molecule has 0 aliphatic carbocycles. The van der Waals surface area contributed by atoms with Gasteiger partial charge in [0.25, 0.3) is 0 Å². The fourth-order valence-electron chi connectivity index (χ4n) is 2.36. The van der Waals surface area contributed by atoms with E-state index in [-0.39, 0.29) is 6.04 Å². The molecule has 0 radical (unpaired) electrons. The van der Waals surface area contributed by atoms with Crippen molar-refractivity contribution < 1.29 is 14.6 Å². The fraction of sp³-hybridized carbons (Fsp3) is 0.500. The van der Waals surface area contributed by atoms with Gasteiger partial charge in [-0.25, -0.2) is 0 Å². The maximum absolute atomic E-state index is 11.0. The Morgan fingerprint density at radius 1 is 1.56 bits per heavy atom. The van der Waals surface area contributed by atoms with Crippen molar-refractivity contribution in [3.63, 3.8) is 0 Å². The van der Waals surface area contributed by atoms with Crippen molar-refractivity contribution in [3.8, 4) is 5.75 Å². The summed E-state index contributed by atoms with van der Waals surface area (Å²) in [6, 6.07) is 7.56. The molecule has 0 aromatic heterocycles. The molecule has 0 saturated carbocycles. The second kappa shape index (κ2) is 5.87. The number of benzene rings is 1. The van der Waals surface area contributed by atoms with Gasteiger partial charge in [-0.2, -0.15) is 0 Å². The molecule has 0 bridgehead atoms. The minimum atomic E-state index is -0.719. The molecule has 4 nitrogen and oxygen atoms in total. The summed E-state index contributed by atoms with van der Waals surface area (Å²) in [4.78, 5) is 13.0. The highest BCUT2D eigenvalue weighted by Gasteiger charge is 2.29. The van der Waals surface area contributed by atoms with Gasteiger partial charge in [-0.1, -0.05) is 12.1 Å². The zero-order chi connectivity index (χ0) is 13.0. The monoisotopic (exact) mass is 249 g/mol. The van der Waals surface area contributed by atoms with E-state index in [0.717, 1.165) is 30.7 Å². The van der Waals surface area contributed by atoms with Gasteiger partial charge in [-0.15, -0.1) is 0 Å². The summed E-state index contributed by atoms with van der Waals surface area (Å²) < 4.78 is 5.64. The number of ether oxygens (including phenoxy) is 1. The lowest BCUT2D eigenvalue weighted by molar-refractivity contribution is -0.142. The first-order chi connectivity index (χ1) is 8.66. The number of carboxylic acid groups (broad SMARTS) is 1. The molecule has 1 aromatic carbocycles. The zero-order valence-corrected chi connectivity index (χ0v) is 10.6. The quantitative estimate of drug-likeness (QED) is 0.866. The van der Waals surface area contributed by atoms with Crippen LogP contribution in [0.15, 0.2) is 24.3 Å². The molecule has 1 N–H and O–H groups in total. The predicted octanol–water partition coefficient (Wildman–Crippen LogP) is 1.92. The van der Waals surface area contributed by atoms with Gasteiger partial charge in [0.15, 0.2) is 0 Å². The number of likely N-dealkylation sites (tertiary alicyclic amines) is 1. The lowest BCUT2D eigenvalue weighted by atomic mass is 10.2. The van der Waals surface area contributed by atoms with Crippen molar-refractivity contribution in [1.82, 2.24) is 4.90 Å². The number of hydrogen-bond acceptors (Lipinski definition) is 3. The molecule has 0 unspecified atom stereocenters. The lowest BCUT2D eigenvalue weighted by Gasteiger charge is -2.20. The second-order valence-corrected chi connectivity index (χ2v) is 4.70. The summed E-state index contributed by atoms with van der Waals surface area (Å²) in [5.41, 5.74) is 1.16. The Balaban J connectivity index is 1.80. The van der Waals surface area contributed by atoms with E-state index < -0.39 is 5.97 Å². The van der Waals surface area contributed by atoms with Crippen LogP contribution in [0.5, 0.6) is 5.75 Å². The number of aliphatic carboxylic acids is 1. The van der Waals surface area contributed by atoms with Crippen LogP contribution >= 0.6 is 0 Å². The first-order valence-electron chi connectivity index (χ1n) is 6.33. The zero-order valence-electron chi connectivity index (χ0n) is 10.6. The average molecular weight is 249 g/mol. The molecule has 1 heterocycles. The second-order valence-electron chi connectivity index (χ2n) is 4.70. The van der Waals surface area contributed by atoms with E-state index in [9.17, 15) is 4.79 Å². The predicted molar refractivity (Wildman–Crippen MR) is 68.9 cm³/mol. The van der Waals surface area contributed by atoms with Crippen molar-refractivity contribution >= 4 is 5.97 Å². The number of nitrogens with zero attached hydrogens (tertiary/aromatic N) is 1. The minimum absolute atomic E-state index is 0.328. The van der Waals surface area contributed by atoms with Crippen LogP contribution in [-0.4, -0.2) is 41.7 Å². The van der Waals surface area contributed by atoms with Crippen molar-refractivity contribution in [3.05, 3.63) is 29.8 Å². The van der Waals surface area contributed by atoms with E-state index in [1.165, 1.54) is 0 Å². The van der Waals surface area contributed by atoms with E-state index >= 15 is 0 Å². The summed E-state index contributed by atoms with van der Waals surface area (Å²) in [5, 5.41) is 9.05. The molecular formula is C14H19NO3. The van der Waals surface area contributed by atoms with Crippen molar-refractivity contribution in [2.45, 2.75) is 25.8 Å². The van der Waals surface area contributed by atoms with Crippen LogP contribution in [0.3, 0.4) is 0 Å². The Morgan fingerprint density at radius 2 is 2.39 bits per heavy atom. The molecule has 2 rings (SSSR count). The van der Waals surface area contributed by atoms with Crippen LogP contribution in [0.25, 0.3) is 0 Å². The van der Waals surface area contributed by atoms with Crippen molar-refractivity contribution in [2.24, 2.45) is 0 Å². The lowest BCUT2D eigenvalue weighted by Crippen LogP contribution is -2.38. The number of carbonyl (C=O) groups is 1. The van der Waals surface area contributed by atoms with Crippen LogP contribution in [-0.2, 0) is 4.79 Å². The summed E-state index contributed by atoms with van der Waals surface area (Å²) in [7, 11) is 0. The molecule has 98 valence electrons. The van der Waals surface area contributed by atoms with Gasteiger partial charge in [-0.05, 0) is 44.0 Å². The van der Waals surface area contributed by atoms with Gasteiger partial charge in [0, 0.05) is 6.54 Å². The smallest absolute Gasteiger partial charge is 0.320 e. The molecule has 0 spiro atoms. The Morgan fingerprint density at radius 3 is 3.11 bits per heavy atom. The highest BCUT2D eigenvalue weighted by atomic mass is 16.5. The molecule has 1 aromatic rings. The molecule has 0 amide bonds. The minimum Gasteiger partial charge on any atom is -0.492 e. The van der Waals surface area contributed by atoms with Crippen LogP contribution in [0.1, 0.15) is 18.4 Å². The molecule has 18 heavy (non-hydrogen) atoms. The molecule has 1 aliphatic heterocycles. The number of carboxylic acids is 1. The Labute approximate surface area is 107 Å². The Hall–Kier alpha value is -1.55. The molecule has 1 aliphatic rings. The van der Waals surface area contributed by atoms with E-state index in [4.69, 9.17) is 9.84 Å². The van der Waals surface area contributed by atoms with Crippen molar-refractivity contribution in [1.29, 1.82) is 0 Å². The third-order valence-corrected chi connectivity index (χ3v) is 3.29. The largest absolute Gasteiger partial charge is 0.492 e. The van der Waals surface area contributed by atoms with E-state index in [0.29, 0.717) is 13.2 Å². The van der Waals surface area contributed by atoms with Gasteiger partial charge in [0.1, 0.15) is 18.4 Å². The number of rotatable bonds is 5. The Bertz CT molecular complexity index is 419. The third kappa shape index (κ3) is 3.23. The summed E-state index contributed by atoms with van der Waals surface area (Å²) >= 11 is 0. The standard InChI is InChI=1S/C14H19NO3/c1-11-4-2-5-12(10-11)18-9-8-15-7-3-6-13(15)14(16)17/h2,4-5,10,13H,3,6-9H2,1H3,(H,16,17)/t13-/m0/s1. The summed E-state index contributed by atoms with van der Waals surface area (Å²) in [5.74, 6) is 0.129. The van der Waals surface area contributed by atoms with Gasteiger partial charge in [0.05, 0.1) is 0 Å². The average Bonchev–Trinajstić information content (AvgIpc) is 2.77. The molecule has 1 fully saturated rings. The molecule has 4 heteroatoms. The Kier molecular flexibility index (Phi) is 4.20. The van der Waals surface area contributed by atoms with Crippen molar-refractivity contribution in [2.75, 3.05) is 19.7 Å². The maximum Gasteiger partial charge on any atom is 0.320 e. The third-order valence-electron chi connectivity index (χ3n) is 3.29. The maximum atomic E-state index is 11.0. The van der Waals surface area contributed by atoms with E-state index in [1.54, 1.807) is 0 Å². The topological polar surface area (TPSA) is 49.8 Å². The number of hydrogen-bond donors (Lipinski definition) is 1. The highest BCUT2D eigenvalue weighted by Crippen LogP contribution is 2.17. The SMILES string of the molecule is Cc1cccc(OCCN2CCC[C@H]2C(=O)O)c1. The number of aryl methyl sites for hydroxylation is 1. The fourth-order valence-corrected chi connectivity index (χ4v) is 2.36. The molecular weight excluding hydrogens is 230 g/mol. The van der Waals surface area contributed by atoms with Crippen LogP contribution in [0.4, 0.5) is 0 Å². The normalized spacial score (nSPS) is 19.9. The van der Waals surface area contributed by atoms with Gasteiger partial charge < -0.3 is 9.84 Å². The highest BCUT2D eigenvalue weighted by molar-refractivity contribution is 5.73. The first-order valence-corrected chi connectivity index (χ1v) is 6.33. The van der Waals surface area contributed by atoms with Crippen LogP contribution in [0, 0.1) is 6.92 Å². The van der Waals surface area contributed by atoms with E-state index in [2.05, 4.69) is 0 Å². The molecule has 1 atom stereocenters.